The van der Waals surface area contributed by atoms with Gasteiger partial charge in [0.05, 0.1) is 7.11 Å². The number of fused-ring (bicyclic) bond motifs is 5. The van der Waals surface area contributed by atoms with Gasteiger partial charge in [0, 0.05) is 35.1 Å². The fourth-order valence-electron chi connectivity index (χ4n) is 10.4. The Morgan fingerprint density at radius 3 is 2.16 bits per heavy atom. The molecule has 8 nitrogen and oxygen atoms in total. The van der Waals surface area contributed by atoms with E-state index < -0.39 is 0 Å². The van der Waals surface area contributed by atoms with E-state index in [0.29, 0.717) is 57.6 Å². The Morgan fingerprint density at radius 1 is 0.902 bits per heavy atom. The molecule has 0 bridgehead atoms. The number of benzene rings is 2. The average molecular weight is 737 g/mol. The highest BCUT2D eigenvalue weighted by Crippen LogP contribution is 2.67. The molecule has 0 aliphatic heterocycles. The quantitative estimate of drug-likeness (QED) is 0.121. The standard InChI is InChI=1S/C39H50F2N6O2S2/c1-23(11-14-35(48)49-4)30-12-13-31-29-22-34(45-47-37(51)43-27-10-6-8-25(41)20-27)33-21-28(15-17-39(33,3)32(29)16-18-38(30,31)2)44-46-36(50)42-26-9-5-7-24(40)19-26/h5-10,19-20,23,29-33H,11-18,21-22H2,1-4H3,(H2,42,46,50)(H2,43,47,51)/b44-28+,45-34-/t23-,29+,30-,31+,32+,33+,38-,39-/m1/s1. The Hall–Kier alpha value is -3.51. The van der Waals surface area contributed by atoms with Gasteiger partial charge in [-0.3, -0.25) is 15.6 Å². The largest absolute Gasteiger partial charge is 0.469 e. The molecule has 12 heteroatoms. The Kier molecular flexibility index (Phi) is 11.4. The van der Waals surface area contributed by atoms with Crippen LogP contribution in [0.25, 0.3) is 0 Å². The summed E-state index contributed by atoms with van der Waals surface area (Å²) in [5.41, 5.74) is 9.58. The first kappa shape index (κ1) is 37.3. The van der Waals surface area contributed by atoms with Crippen molar-refractivity contribution < 1.29 is 18.3 Å². The predicted molar refractivity (Wildman–Crippen MR) is 207 cm³/mol. The number of ether oxygens (including phenoxy) is 1. The first-order valence-corrected chi connectivity index (χ1v) is 19.0. The van der Waals surface area contributed by atoms with Gasteiger partial charge in [0.2, 0.25) is 0 Å². The molecule has 0 saturated heterocycles. The van der Waals surface area contributed by atoms with Gasteiger partial charge in [0.15, 0.2) is 10.2 Å². The molecule has 2 aromatic rings. The summed E-state index contributed by atoms with van der Waals surface area (Å²) >= 11 is 11.1. The number of carbonyl (C=O) groups excluding carboxylic acids is 1. The second-order valence-electron chi connectivity index (χ2n) is 15.6. The third-order valence-corrected chi connectivity index (χ3v) is 13.3. The molecule has 4 N–H and O–H groups in total. The van der Waals surface area contributed by atoms with Crippen molar-refractivity contribution in [3.8, 4) is 0 Å². The van der Waals surface area contributed by atoms with Crippen LogP contribution in [0, 0.1) is 58.0 Å². The molecule has 0 amide bonds. The van der Waals surface area contributed by atoms with Gasteiger partial charge in [0.25, 0.3) is 0 Å². The summed E-state index contributed by atoms with van der Waals surface area (Å²) in [4.78, 5) is 12.0. The van der Waals surface area contributed by atoms with E-state index in [1.165, 1.54) is 57.1 Å². The lowest BCUT2D eigenvalue weighted by atomic mass is 9.44. The van der Waals surface area contributed by atoms with Crippen molar-refractivity contribution in [3.63, 3.8) is 0 Å². The first-order valence-electron chi connectivity index (χ1n) is 18.2. The summed E-state index contributed by atoms with van der Waals surface area (Å²) in [6, 6.07) is 12.4. The van der Waals surface area contributed by atoms with Crippen molar-refractivity contribution in [1.82, 2.24) is 10.9 Å². The van der Waals surface area contributed by atoms with Crippen molar-refractivity contribution in [2.75, 3.05) is 17.7 Å². The van der Waals surface area contributed by atoms with Crippen LogP contribution >= 0.6 is 24.4 Å². The number of hydrogen-bond acceptors (Lipinski definition) is 6. The highest BCUT2D eigenvalue weighted by Gasteiger charge is 2.62. The van der Waals surface area contributed by atoms with Crippen LogP contribution in [0.1, 0.15) is 85.0 Å². The van der Waals surface area contributed by atoms with Crippen LogP contribution in [0.2, 0.25) is 0 Å². The van der Waals surface area contributed by atoms with Crippen LogP contribution in [0.3, 0.4) is 0 Å². The third kappa shape index (κ3) is 8.11. The number of nitrogens with one attached hydrogen (secondary N) is 4. The normalized spacial score (nSPS) is 31.8. The highest BCUT2D eigenvalue weighted by molar-refractivity contribution is 7.80. The van der Waals surface area contributed by atoms with Gasteiger partial charge in [0.1, 0.15) is 11.6 Å². The van der Waals surface area contributed by atoms with E-state index in [4.69, 9.17) is 39.4 Å². The monoisotopic (exact) mass is 736 g/mol. The van der Waals surface area contributed by atoms with Gasteiger partial charge in [-0.1, -0.05) is 32.9 Å². The minimum Gasteiger partial charge on any atom is -0.469 e. The van der Waals surface area contributed by atoms with Crippen LogP contribution in [0.5, 0.6) is 0 Å². The van der Waals surface area contributed by atoms with Gasteiger partial charge in [-0.05, 0) is 159 Å². The van der Waals surface area contributed by atoms with E-state index in [9.17, 15) is 13.6 Å². The van der Waals surface area contributed by atoms with E-state index in [-0.39, 0.29) is 34.4 Å². The number of thiocarbonyl (C=S) groups is 2. The molecular formula is C39H50F2N6O2S2. The van der Waals surface area contributed by atoms with E-state index in [0.717, 1.165) is 43.5 Å². The first-order chi connectivity index (χ1) is 24.4. The zero-order valence-corrected chi connectivity index (χ0v) is 31.6. The van der Waals surface area contributed by atoms with Gasteiger partial charge in [-0.25, -0.2) is 8.78 Å². The van der Waals surface area contributed by atoms with E-state index >= 15 is 0 Å². The van der Waals surface area contributed by atoms with Crippen molar-refractivity contribution in [3.05, 3.63) is 60.2 Å². The number of hydrazone groups is 2. The number of anilines is 2. The van der Waals surface area contributed by atoms with Gasteiger partial charge in [-0.2, -0.15) is 10.2 Å². The lowest BCUT2D eigenvalue weighted by Gasteiger charge is -2.61. The molecule has 0 unspecified atom stereocenters. The zero-order chi connectivity index (χ0) is 36.3. The van der Waals surface area contributed by atoms with Crippen molar-refractivity contribution in [2.45, 2.75) is 85.0 Å². The Morgan fingerprint density at radius 2 is 1.53 bits per heavy atom. The molecular weight excluding hydrogens is 687 g/mol. The summed E-state index contributed by atoms with van der Waals surface area (Å²) in [5, 5.41) is 16.5. The number of hydrogen-bond donors (Lipinski definition) is 4. The zero-order valence-electron chi connectivity index (χ0n) is 29.9. The number of esters is 1. The summed E-state index contributed by atoms with van der Waals surface area (Å²) in [5.74, 6) is 1.99. The maximum Gasteiger partial charge on any atom is 0.305 e. The molecule has 0 radical (unpaired) electrons. The number of halogens is 2. The molecule has 51 heavy (non-hydrogen) atoms. The van der Waals surface area contributed by atoms with Crippen LogP contribution in [-0.2, 0) is 9.53 Å². The van der Waals surface area contributed by atoms with Crippen molar-refractivity contribution >= 4 is 63.4 Å². The lowest BCUT2D eigenvalue weighted by Crippen LogP contribution is -2.57. The molecule has 274 valence electrons. The summed E-state index contributed by atoms with van der Waals surface area (Å²) in [6.45, 7) is 7.30. The molecule has 4 aliphatic carbocycles. The predicted octanol–water partition coefficient (Wildman–Crippen LogP) is 8.81. The summed E-state index contributed by atoms with van der Waals surface area (Å²) in [6.07, 6.45) is 9.54. The third-order valence-electron chi connectivity index (χ3n) is 12.9. The fraction of sp³-hybridized carbons (Fsp3) is 0.564. The second kappa shape index (κ2) is 15.6. The Balaban J connectivity index is 1.22. The summed E-state index contributed by atoms with van der Waals surface area (Å²) < 4.78 is 32.5. The Bertz CT molecular complexity index is 1700. The fourth-order valence-corrected chi connectivity index (χ4v) is 10.8. The van der Waals surface area contributed by atoms with Gasteiger partial charge in [-0.15, -0.1) is 0 Å². The van der Waals surface area contributed by atoms with Gasteiger partial charge < -0.3 is 15.4 Å². The summed E-state index contributed by atoms with van der Waals surface area (Å²) in [7, 11) is 1.47. The van der Waals surface area contributed by atoms with E-state index in [2.05, 4.69) is 42.3 Å². The molecule has 0 spiro atoms. The topological polar surface area (TPSA) is 99.1 Å². The van der Waals surface area contributed by atoms with E-state index in [1.807, 2.05) is 0 Å². The smallest absolute Gasteiger partial charge is 0.305 e. The van der Waals surface area contributed by atoms with Crippen LogP contribution in [-0.4, -0.2) is 34.7 Å². The molecule has 2 aromatic carbocycles. The highest BCUT2D eigenvalue weighted by atomic mass is 32.1. The Labute approximate surface area is 311 Å². The number of rotatable bonds is 8. The van der Waals surface area contributed by atoms with Gasteiger partial charge >= 0.3 is 5.97 Å². The molecule has 8 atom stereocenters. The number of carbonyl (C=O) groups is 1. The van der Waals surface area contributed by atoms with E-state index in [1.54, 1.807) is 24.3 Å². The second-order valence-corrected chi connectivity index (χ2v) is 16.4. The molecule has 6 rings (SSSR count). The molecule has 0 heterocycles. The SMILES string of the molecule is COC(=O)CC[C@@H](C)[C@H]1CC[C@H]2[C@@H]3C/C(=N/NC(=S)Nc4cccc(F)c4)[C@@H]4C/C(=N/NC(=S)Nc5cccc(F)c5)CC[C@]4(C)[C@H]3CC[C@]12C. The van der Waals surface area contributed by atoms with Crippen LogP contribution in [0.4, 0.5) is 20.2 Å². The van der Waals surface area contributed by atoms with Crippen LogP contribution < -0.4 is 21.5 Å². The maximum absolute atomic E-state index is 13.9. The lowest BCUT2D eigenvalue weighted by molar-refractivity contribution is -0.141. The van der Waals surface area contributed by atoms with Crippen molar-refractivity contribution in [1.29, 1.82) is 0 Å². The number of methoxy groups -OCH3 is 1. The minimum atomic E-state index is -0.341. The maximum atomic E-state index is 13.9. The average Bonchev–Trinajstić information content (AvgIpc) is 3.46. The van der Waals surface area contributed by atoms with Crippen LogP contribution in [0.15, 0.2) is 58.7 Å². The number of nitrogens with zero attached hydrogens (tertiary/aromatic N) is 2. The molecule has 4 fully saturated rings. The minimum absolute atomic E-state index is 0.0241. The molecule has 4 aliphatic rings. The molecule has 0 aromatic heterocycles. The van der Waals surface area contributed by atoms with Crippen molar-refractivity contribution in [2.24, 2.45) is 56.5 Å². The molecule has 4 saturated carbocycles.